The van der Waals surface area contributed by atoms with E-state index in [0.29, 0.717) is 13.0 Å². The number of aromatic nitrogens is 2. The quantitative estimate of drug-likeness (QED) is 0.272. The van der Waals surface area contributed by atoms with Crippen LogP contribution in [-0.4, -0.2) is 63.5 Å². The van der Waals surface area contributed by atoms with Crippen LogP contribution in [-0.2, 0) is 21.2 Å². The summed E-state index contributed by atoms with van der Waals surface area (Å²) in [5, 5.41) is 0.992. The van der Waals surface area contributed by atoms with E-state index in [0.717, 1.165) is 65.5 Å². The molecular formula is C32H35N5O4S. The number of amides is 1. The van der Waals surface area contributed by atoms with Gasteiger partial charge in [0.25, 0.3) is 10.0 Å². The van der Waals surface area contributed by atoms with Gasteiger partial charge in [-0.1, -0.05) is 30.7 Å². The molecule has 0 unspecified atom stereocenters. The van der Waals surface area contributed by atoms with Crippen LogP contribution in [0.2, 0.25) is 0 Å². The molecule has 2 aromatic carbocycles. The molecule has 9 nitrogen and oxygen atoms in total. The van der Waals surface area contributed by atoms with Crippen LogP contribution >= 0.6 is 0 Å². The maximum absolute atomic E-state index is 13.3. The Morgan fingerprint density at radius 1 is 1.02 bits per heavy atom. The Balaban J connectivity index is 1.39. The van der Waals surface area contributed by atoms with Crippen molar-refractivity contribution in [2.24, 2.45) is 5.41 Å². The minimum atomic E-state index is -3.87. The lowest BCUT2D eigenvalue weighted by Gasteiger charge is -2.47. The monoisotopic (exact) mass is 585 g/mol. The van der Waals surface area contributed by atoms with Gasteiger partial charge in [-0.25, -0.2) is 13.4 Å². The van der Waals surface area contributed by atoms with E-state index in [1.807, 2.05) is 33.3 Å². The molecule has 2 aromatic heterocycles. The highest BCUT2D eigenvalue weighted by Gasteiger charge is 2.49. The number of carbonyl (C=O) groups excluding carboxylic acids is 1. The third-order valence-corrected chi connectivity index (χ3v) is 9.75. The minimum Gasteiger partial charge on any atom is -0.476 e. The number of hydrogen-bond acceptors (Lipinski definition) is 7. The van der Waals surface area contributed by atoms with Crippen molar-refractivity contribution in [3.8, 4) is 17.0 Å². The van der Waals surface area contributed by atoms with Gasteiger partial charge in [0.2, 0.25) is 11.8 Å². The predicted molar refractivity (Wildman–Crippen MR) is 164 cm³/mol. The standard InChI is InChI=1S/C32H35N5O4S/c1-36(2)15-8-16-41-30-28(35-42(39,40)24-9-5-4-6-10-24)18-23(20-34-30)22-11-12-27-25(17-22)26-19-32(13-7-14-32)31(38)37(3)29(26)21-33-27/h4-6,9-12,17-18,20-21,35H,7-8,13-16,19H2,1-3H3. The highest BCUT2D eigenvalue weighted by atomic mass is 32.2. The summed E-state index contributed by atoms with van der Waals surface area (Å²) in [5.74, 6) is 0.406. The first-order valence-corrected chi connectivity index (χ1v) is 15.7. The lowest BCUT2D eigenvalue weighted by atomic mass is 9.62. The highest BCUT2D eigenvalue weighted by Crippen LogP contribution is 2.51. The Hall–Kier alpha value is -4.02. The maximum atomic E-state index is 13.3. The van der Waals surface area contributed by atoms with Gasteiger partial charge in [0, 0.05) is 30.7 Å². The number of hydrogen-bond donors (Lipinski definition) is 1. The number of nitrogens with one attached hydrogen (secondary N) is 1. The molecule has 1 saturated carbocycles. The number of ether oxygens (including phenoxy) is 1. The molecule has 0 saturated heterocycles. The summed E-state index contributed by atoms with van der Waals surface area (Å²) in [4.78, 5) is 26.3. The van der Waals surface area contributed by atoms with Crippen molar-refractivity contribution >= 4 is 38.2 Å². The van der Waals surface area contributed by atoms with E-state index in [2.05, 4.69) is 25.7 Å². The van der Waals surface area contributed by atoms with Crippen molar-refractivity contribution in [1.82, 2.24) is 14.9 Å². The van der Waals surface area contributed by atoms with E-state index in [1.54, 1.807) is 53.7 Å². The first-order valence-electron chi connectivity index (χ1n) is 14.2. The summed E-state index contributed by atoms with van der Waals surface area (Å²) < 4.78 is 35.2. The zero-order valence-corrected chi connectivity index (χ0v) is 24.9. The number of nitrogens with zero attached hydrogens (tertiary/aromatic N) is 4. The number of rotatable bonds is 9. The van der Waals surface area contributed by atoms with Gasteiger partial charge < -0.3 is 14.5 Å². The van der Waals surface area contributed by atoms with E-state index in [1.165, 1.54) is 0 Å². The van der Waals surface area contributed by atoms with Crippen molar-refractivity contribution in [2.75, 3.05) is 43.9 Å². The van der Waals surface area contributed by atoms with Crippen LogP contribution in [0, 0.1) is 5.41 Å². The van der Waals surface area contributed by atoms with Gasteiger partial charge in [-0.2, -0.15) is 0 Å². The van der Waals surface area contributed by atoms with Gasteiger partial charge in [0.1, 0.15) is 5.69 Å². The van der Waals surface area contributed by atoms with Crippen molar-refractivity contribution in [2.45, 2.75) is 37.0 Å². The predicted octanol–water partition coefficient (Wildman–Crippen LogP) is 5.12. The number of carbonyl (C=O) groups is 1. The van der Waals surface area contributed by atoms with Crippen molar-refractivity contribution in [3.63, 3.8) is 0 Å². The molecule has 6 rings (SSSR count). The molecular weight excluding hydrogens is 550 g/mol. The molecule has 1 fully saturated rings. The number of sulfonamides is 1. The lowest BCUT2D eigenvalue weighted by molar-refractivity contribution is -0.133. The summed E-state index contributed by atoms with van der Waals surface area (Å²) in [6.45, 7) is 1.23. The Morgan fingerprint density at radius 3 is 2.52 bits per heavy atom. The largest absolute Gasteiger partial charge is 0.476 e. The number of pyridine rings is 2. The van der Waals surface area contributed by atoms with Gasteiger partial charge in [0.05, 0.1) is 34.3 Å². The summed E-state index contributed by atoms with van der Waals surface area (Å²) in [5.41, 5.74) is 4.38. The first kappa shape index (κ1) is 28.1. The molecule has 4 aromatic rings. The Kier molecular flexibility index (Phi) is 7.36. The summed E-state index contributed by atoms with van der Waals surface area (Å²) in [7, 11) is 1.95. The second kappa shape index (κ2) is 11.0. The Bertz CT molecular complexity index is 1750. The van der Waals surface area contributed by atoms with Crippen LogP contribution in [0.5, 0.6) is 5.88 Å². The van der Waals surface area contributed by atoms with E-state index in [-0.39, 0.29) is 27.8 Å². The molecule has 1 amide bonds. The summed E-state index contributed by atoms with van der Waals surface area (Å²) in [6.07, 6.45) is 7.85. The van der Waals surface area contributed by atoms with E-state index < -0.39 is 10.0 Å². The van der Waals surface area contributed by atoms with Gasteiger partial charge in [-0.05, 0) is 81.2 Å². The zero-order chi connectivity index (χ0) is 29.5. The van der Waals surface area contributed by atoms with Crippen LogP contribution < -0.4 is 14.4 Å². The van der Waals surface area contributed by atoms with Crippen molar-refractivity contribution in [1.29, 1.82) is 0 Å². The zero-order valence-electron chi connectivity index (χ0n) is 24.1. The topological polar surface area (TPSA) is 105 Å². The van der Waals surface area contributed by atoms with Crippen LogP contribution in [0.4, 0.5) is 11.4 Å². The molecule has 1 spiro atoms. The van der Waals surface area contributed by atoms with E-state index in [4.69, 9.17) is 4.74 Å². The third-order valence-electron chi connectivity index (χ3n) is 8.37. The van der Waals surface area contributed by atoms with E-state index >= 15 is 0 Å². The van der Waals surface area contributed by atoms with Crippen LogP contribution in [0.3, 0.4) is 0 Å². The SMILES string of the molecule is CN(C)CCCOc1ncc(-c2ccc3ncc4c(c3c2)CC2(CCC2)C(=O)N4C)cc1NS(=O)(=O)c1ccccc1. The highest BCUT2D eigenvalue weighted by molar-refractivity contribution is 7.92. The molecule has 1 N–H and O–H groups in total. The maximum Gasteiger partial charge on any atom is 0.262 e. The minimum absolute atomic E-state index is 0.154. The van der Waals surface area contributed by atoms with Gasteiger partial charge in [-0.15, -0.1) is 0 Å². The molecule has 0 bridgehead atoms. The molecule has 2 aliphatic rings. The molecule has 218 valence electrons. The molecule has 10 heteroatoms. The molecule has 0 atom stereocenters. The van der Waals surface area contributed by atoms with Gasteiger partial charge in [-0.3, -0.25) is 14.5 Å². The third kappa shape index (κ3) is 5.20. The summed E-state index contributed by atoms with van der Waals surface area (Å²) >= 11 is 0. The van der Waals surface area contributed by atoms with Crippen LogP contribution in [0.15, 0.2) is 71.9 Å². The lowest BCUT2D eigenvalue weighted by Crippen LogP contribution is -2.51. The first-order chi connectivity index (χ1) is 20.2. The fourth-order valence-electron chi connectivity index (χ4n) is 5.92. The van der Waals surface area contributed by atoms with E-state index in [9.17, 15) is 13.2 Å². The second-order valence-corrected chi connectivity index (χ2v) is 13.2. The normalized spacial score (nSPS) is 16.0. The fourth-order valence-corrected chi connectivity index (χ4v) is 6.98. The molecule has 42 heavy (non-hydrogen) atoms. The van der Waals surface area contributed by atoms with Gasteiger partial charge in [0.15, 0.2) is 0 Å². The van der Waals surface area contributed by atoms with Crippen LogP contribution in [0.25, 0.3) is 22.0 Å². The molecule has 3 heterocycles. The van der Waals surface area contributed by atoms with Crippen LogP contribution in [0.1, 0.15) is 31.2 Å². The molecule has 1 aliphatic carbocycles. The summed E-state index contributed by atoms with van der Waals surface area (Å²) in [6, 6.07) is 16.0. The molecule has 1 aliphatic heterocycles. The fraction of sp³-hybridized carbons (Fsp3) is 0.344. The van der Waals surface area contributed by atoms with Crippen molar-refractivity contribution < 1.29 is 17.9 Å². The average Bonchev–Trinajstić information content (AvgIpc) is 2.96. The van der Waals surface area contributed by atoms with Gasteiger partial charge >= 0.3 is 0 Å². The Labute approximate surface area is 246 Å². The Morgan fingerprint density at radius 2 is 1.81 bits per heavy atom. The smallest absolute Gasteiger partial charge is 0.262 e. The number of anilines is 2. The second-order valence-electron chi connectivity index (χ2n) is 11.5. The number of benzene rings is 2. The number of fused-ring (bicyclic) bond motifs is 3. The molecule has 0 radical (unpaired) electrons. The van der Waals surface area contributed by atoms with Crippen molar-refractivity contribution in [3.05, 3.63) is 72.6 Å². The average molecular weight is 586 g/mol.